The van der Waals surface area contributed by atoms with Gasteiger partial charge in [0.15, 0.2) is 0 Å². The normalized spacial score (nSPS) is 43.2. The molecular weight excluding hydrogens is 200 g/mol. The maximum absolute atomic E-state index is 12.3. The summed E-state index contributed by atoms with van der Waals surface area (Å²) < 4.78 is 0. The van der Waals surface area contributed by atoms with E-state index in [1.165, 1.54) is 13.0 Å². The molecule has 2 atom stereocenters. The van der Waals surface area contributed by atoms with E-state index >= 15 is 0 Å². The average molecular weight is 222 g/mol. The first-order valence-electron chi connectivity index (χ1n) is 6.64. The molecule has 2 saturated heterocycles. The summed E-state index contributed by atoms with van der Waals surface area (Å²) in [5.41, 5.74) is 0. The molecule has 3 fully saturated rings. The second kappa shape index (κ2) is 3.73. The summed E-state index contributed by atoms with van der Waals surface area (Å²) in [5.74, 6) is 2.35. The lowest BCUT2D eigenvalue weighted by atomic mass is 9.75. The van der Waals surface area contributed by atoms with Gasteiger partial charge in [-0.05, 0) is 38.1 Å². The molecule has 2 heterocycles. The summed E-state index contributed by atoms with van der Waals surface area (Å²) in [5, 5.41) is 0. The molecule has 0 bridgehead atoms. The first kappa shape index (κ1) is 10.6. The molecule has 0 aromatic carbocycles. The van der Waals surface area contributed by atoms with Crippen molar-refractivity contribution in [2.75, 3.05) is 26.7 Å². The zero-order chi connectivity index (χ0) is 11.3. The molecule has 0 spiro atoms. The monoisotopic (exact) mass is 222 g/mol. The SMILES string of the molecule is CC1CC(C(=O)N2CC[C@H]3CN(C)C[C@H]32)C1. The van der Waals surface area contributed by atoms with Crippen LogP contribution < -0.4 is 0 Å². The van der Waals surface area contributed by atoms with Crippen molar-refractivity contribution in [1.82, 2.24) is 9.80 Å². The Morgan fingerprint density at radius 1 is 1.25 bits per heavy atom. The number of rotatable bonds is 1. The predicted molar refractivity (Wildman–Crippen MR) is 63.0 cm³/mol. The molecule has 90 valence electrons. The third-order valence-electron chi connectivity index (χ3n) is 4.74. The highest BCUT2D eigenvalue weighted by molar-refractivity contribution is 5.80. The van der Waals surface area contributed by atoms with Crippen LogP contribution in [0.2, 0.25) is 0 Å². The van der Waals surface area contributed by atoms with Crippen molar-refractivity contribution in [1.29, 1.82) is 0 Å². The molecule has 16 heavy (non-hydrogen) atoms. The van der Waals surface area contributed by atoms with Gasteiger partial charge in [0.2, 0.25) is 5.91 Å². The van der Waals surface area contributed by atoms with Gasteiger partial charge >= 0.3 is 0 Å². The number of likely N-dealkylation sites (N-methyl/N-ethyl adjacent to an activating group) is 1. The Labute approximate surface area is 97.8 Å². The predicted octanol–water partition coefficient (Wildman–Crippen LogP) is 1.19. The summed E-state index contributed by atoms with van der Waals surface area (Å²) in [4.78, 5) is 16.9. The summed E-state index contributed by atoms with van der Waals surface area (Å²) >= 11 is 0. The van der Waals surface area contributed by atoms with Gasteiger partial charge in [0.25, 0.3) is 0 Å². The van der Waals surface area contributed by atoms with Crippen LogP contribution in [0.5, 0.6) is 0 Å². The molecule has 1 aliphatic carbocycles. The number of nitrogens with zero attached hydrogens (tertiary/aromatic N) is 2. The smallest absolute Gasteiger partial charge is 0.226 e. The molecule has 1 saturated carbocycles. The van der Waals surface area contributed by atoms with E-state index in [1.54, 1.807) is 0 Å². The lowest BCUT2D eigenvalue weighted by molar-refractivity contribution is -0.140. The number of hydrogen-bond donors (Lipinski definition) is 0. The lowest BCUT2D eigenvalue weighted by Crippen LogP contribution is -2.45. The number of amides is 1. The van der Waals surface area contributed by atoms with Crippen LogP contribution in [0.3, 0.4) is 0 Å². The van der Waals surface area contributed by atoms with Gasteiger partial charge in [-0.25, -0.2) is 0 Å². The van der Waals surface area contributed by atoms with Crippen molar-refractivity contribution in [2.45, 2.75) is 32.2 Å². The van der Waals surface area contributed by atoms with E-state index < -0.39 is 0 Å². The van der Waals surface area contributed by atoms with Crippen LogP contribution in [0, 0.1) is 17.8 Å². The van der Waals surface area contributed by atoms with Gasteiger partial charge in [-0.15, -0.1) is 0 Å². The minimum absolute atomic E-state index is 0.361. The molecule has 3 nitrogen and oxygen atoms in total. The Balaban J connectivity index is 1.65. The van der Waals surface area contributed by atoms with Gasteiger partial charge in [-0.3, -0.25) is 4.79 Å². The van der Waals surface area contributed by atoms with Crippen LogP contribution in [0.15, 0.2) is 0 Å². The summed E-state index contributed by atoms with van der Waals surface area (Å²) in [6.45, 7) is 5.56. The van der Waals surface area contributed by atoms with Gasteiger partial charge in [-0.1, -0.05) is 6.92 Å². The molecular formula is C13H22N2O. The van der Waals surface area contributed by atoms with Gasteiger partial charge in [0, 0.05) is 31.6 Å². The third-order valence-corrected chi connectivity index (χ3v) is 4.74. The fourth-order valence-electron chi connectivity index (χ4n) is 3.78. The zero-order valence-corrected chi connectivity index (χ0v) is 10.4. The molecule has 2 aliphatic heterocycles. The molecule has 0 aromatic heterocycles. The Hall–Kier alpha value is -0.570. The minimum Gasteiger partial charge on any atom is -0.338 e. The van der Waals surface area contributed by atoms with Crippen molar-refractivity contribution >= 4 is 5.91 Å². The molecule has 3 heteroatoms. The highest BCUT2D eigenvalue weighted by Gasteiger charge is 2.45. The summed E-state index contributed by atoms with van der Waals surface area (Å²) in [6.07, 6.45) is 3.48. The first-order chi connectivity index (χ1) is 7.65. The number of likely N-dealkylation sites (tertiary alicyclic amines) is 2. The topological polar surface area (TPSA) is 23.6 Å². The number of hydrogen-bond acceptors (Lipinski definition) is 2. The highest BCUT2D eigenvalue weighted by atomic mass is 16.2. The largest absolute Gasteiger partial charge is 0.338 e. The Morgan fingerprint density at radius 2 is 2.00 bits per heavy atom. The van der Waals surface area contributed by atoms with E-state index in [0.717, 1.165) is 37.8 Å². The van der Waals surface area contributed by atoms with E-state index in [2.05, 4.69) is 23.8 Å². The van der Waals surface area contributed by atoms with Gasteiger partial charge in [-0.2, -0.15) is 0 Å². The van der Waals surface area contributed by atoms with E-state index in [1.807, 2.05) is 0 Å². The molecule has 1 amide bonds. The molecule has 3 rings (SSSR count). The molecule has 0 radical (unpaired) electrons. The fraction of sp³-hybridized carbons (Fsp3) is 0.923. The lowest BCUT2D eigenvalue weighted by Gasteiger charge is -2.36. The Kier molecular flexibility index (Phi) is 2.46. The van der Waals surface area contributed by atoms with Crippen LogP contribution in [0.25, 0.3) is 0 Å². The summed E-state index contributed by atoms with van der Waals surface area (Å²) in [7, 11) is 2.17. The maximum atomic E-state index is 12.3. The quantitative estimate of drug-likeness (QED) is 0.665. The van der Waals surface area contributed by atoms with Crippen LogP contribution in [-0.4, -0.2) is 48.4 Å². The molecule has 0 aromatic rings. The first-order valence-corrected chi connectivity index (χ1v) is 6.64. The van der Waals surface area contributed by atoms with Crippen LogP contribution >= 0.6 is 0 Å². The standard InChI is InChI=1S/C13H22N2O/c1-9-5-11(6-9)13(16)15-4-3-10-7-14(2)8-12(10)15/h9-12H,3-8H2,1-2H3/t9?,10-,11?,12+/m0/s1. The van der Waals surface area contributed by atoms with E-state index in [4.69, 9.17) is 0 Å². The second-order valence-electron chi connectivity index (χ2n) is 6.14. The van der Waals surface area contributed by atoms with Crippen LogP contribution in [0.4, 0.5) is 0 Å². The fourth-order valence-corrected chi connectivity index (χ4v) is 3.78. The zero-order valence-electron chi connectivity index (χ0n) is 10.4. The van der Waals surface area contributed by atoms with Crippen molar-refractivity contribution in [3.8, 4) is 0 Å². The van der Waals surface area contributed by atoms with Crippen LogP contribution in [0.1, 0.15) is 26.2 Å². The minimum atomic E-state index is 0.361. The average Bonchev–Trinajstić information content (AvgIpc) is 2.70. The third kappa shape index (κ3) is 1.56. The number of carbonyl (C=O) groups is 1. The van der Waals surface area contributed by atoms with Gasteiger partial charge < -0.3 is 9.80 Å². The molecule has 0 N–H and O–H groups in total. The molecule has 3 aliphatic rings. The van der Waals surface area contributed by atoms with E-state index in [-0.39, 0.29) is 0 Å². The number of fused-ring (bicyclic) bond motifs is 1. The van der Waals surface area contributed by atoms with Gasteiger partial charge in [0.05, 0.1) is 0 Å². The van der Waals surface area contributed by atoms with E-state index in [9.17, 15) is 4.79 Å². The van der Waals surface area contributed by atoms with Crippen molar-refractivity contribution in [3.05, 3.63) is 0 Å². The summed E-state index contributed by atoms with van der Waals surface area (Å²) in [6, 6.07) is 0.536. The Morgan fingerprint density at radius 3 is 2.69 bits per heavy atom. The van der Waals surface area contributed by atoms with Crippen molar-refractivity contribution < 1.29 is 4.79 Å². The van der Waals surface area contributed by atoms with Crippen molar-refractivity contribution in [3.63, 3.8) is 0 Å². The highest BCUT2D eigenvalue weighted by Crippen LogP contribution is 2.38. The second-order valence-corrected chi connectivity index (χ2v) is 6.14. The molecule has 0 unspecified atom stereocenters. The Bertz CT molecular complexity index is 298. The number of carbonyl (C=O) groups excluding carboxylic acids is 1. The maximum Gasteiger partial charge on any atom is 0.226 e. The van der Waals surface area contributed by atoms with Crippen LogP contribution in [-0.2, 0) is 4.79 Å². The van der Waals surface area contributed by atoms with Crippen molar-refractivity contribution in [2.24, 2.45) is 17.8 Å². The van der Waals surface area contributed by atoms with Gasteiger partial charge in [0.1, 0.15) is 0 Å². The van der Waals surface area contributed by atoms with E-state index in [0.29, 0.717) is 17.9 Å².